The second-order valence-corrected chi connectivity index (χ2v) is 7.67. The van der Waals surface area contributed by atoms with Crippen LogP contribution in [-0.2, 0) is 16.8 Å². The first kappa shape index (κ1) is 18.0. The average Bonchev–Trinajstić information content (AvgIpc) is 3.30. The van der Waals surface area contributed by atoms with Gasteiger partial charge in [-0.25, -0.2) is 9.97 Å². The predicted octanol–water partition coefficient (Wildman–Crippen LogP) is 2.48. The summed E-state index contributed by atoms with van der Waals surface area (Å²) in [6.07, 6.45) is 3.35. The fourth-order valence-electron chi connectivity index (χ4n) is 4.58. The van der Waals surface area contributed by atoms with Crippen molar-refractivity contribution in [2.75, 3.05) is 31.8 Å². The molecule has 156 valence electrons. The Morgan fingerprint density at radius 2 is 1.74 bits per heavy atom. The Bertz CT molecular complexity index is 1200. The first-order valence-corrected chi connectivity index (χ1v) is 10.0. The zero-order valence-corrected chi connectivity index (χ0v) is 16.8. The third kappa shape index (κ3) is 2.51. The standard InChI is InChI=1S/C23H19N3O5/c1-28-22-24-10-14(11-25-22)12-26-17-5-3-2-4-15(17)23(21(26)27)13-31-18-9-20-19(8-16(18)23)29-6-7-30-20/h2-5,8-11H,6-7,12-13H2,1H3/t23-/m0/s1. The molecular weight excluding hydrogens is 398 g/mol. The summed E-state index contributed by atoms with van der Waals surface area (Å²) in [4.78, 5) is 24.1. The third-order valence-electron chi connectivity index (χ3n) is 6.02. The lowest BCUT2D eigenvalue weighted by Gasteiger charge is -2.24. The van der Waals surface area contributed by atoms with Crippen LogP contribution in [-0.4, -0.2) is 42.8 Å². The van der Waals surface area contributed by atoms with Crippen molar-refractivity contribution in [3.8, 4) is 23.3 Å². The Kier molecular flexibility index (Phi) is 3.83. The molecule has 1 amide bonds. The number of carbonyl (C=O) groups is 1. The van der Waals surface area contributed by atoms with Crippen molar-refractivity contribution in [3.63, 3.8) is 0 Å². The number of rotatable bonds is 3. The fourth-order valence-corrected chi connectivity index (χ4v) is 4.58. The van der Waals surface area contributed by atoms with Crippen molar-refractivity contribution in [1.82, 2.24) is 9.97 Å². The van der Waals surface area contributed by atoms with Gasteiger partial charge in [-0.3, -0.25) is 4.79 Å². The highest BCUT2D eigenvalue weighted by Crippen LogP contribution is 2.54. The van der Waals surface area contributed by atoms with Gasteiger partial charge in [0.1, 0.15) is 31.0 Å². The van der Waals surface area contributed by atoms with E-state index in [0.29, 0.717) is 43.0 Å². The van der Waals surface area contributed by atoms with Crippen LogP contribution in [0, 0.1) is 0 Å². The number of aromatic nitrogens is 2. The molecule has 1 spiro atoms. The molecule has 0 saturated carbocycles. The van der Waals surface area contributed by atoms with E-state index in [1.807, 2.05) is 36.4 Å². The molecule has 8 nitrogen and oxygen atoms in total. The third-order valence-corrected chi connectivity index (χ3v) is 6.02. The van der Waals surface area contributed by atoms with Gasteiger partial charge in [0, 0.05) is 35.3 Å². The largest absolute Gasteiger partial charge is 0.491 e. The monoisotopic (exact) mass is 417 g/mol. The molecule has 31 heavy (non-hydrogen) atoms. The molecule has 0 aliphatic carbocycles. The van der Waals surface area contributed by atoms with Crippen molar-refractivity contribution in [3.05, 3.63) is 65.5 Å². The first-order chi connectivity index (χ1) is 15.2. The Morgan fingerprint density at radius 1 is 1.00 bits per heavy atom. The molecule has 3 aromatic rings. The topological polar surface area (TPSA) is 83.0 Å². The molecule has 0 unspecified atom stereocenters. The van der Waals surface area contributed by atoms with Crippen LogP contribution >= 0.6 is 0 Å². The second-order valence-electron chi connectivity index (χ2n) is 7.67. The van der Waals surface area contributed by atoms with Crippen molar-refractivity contribution in [2.45, 2.75) is 12.0 Å². The molecular formula is C23H19N3O5. The van der Waals surface area contributed by atoms with Crippen LogP contribution in [0.25, 0.3) is 0 Å². The Labute approximate surface area is 178 Å². The molecule has 3 aliphatic rings. The number of amides is 1. The maximum Gasteiger partial charge on any atom is 0.316 e. The van der Waals surface area contributed by atoms with Gasteiger partial charge in [0.2, 0.25) is 5.91 Å². The van der Waals surface area contributed by atoms with Crippen molar-refractivity contribution >= 4 is 11.6 Å². The van der Waals surface area contributed by atoms with Gasteiger partial charge in [0.05, 0.1) is 13.7 Å². The quantitative estimate of drug-likeness (QED) is 0.647. The molecule has 0 saturated heterocycles. The van der Waals surface area contributed by atoms with Crippen LogP contribution in [0.4, 0.5) is 5.69 Å². The summed E-state index contributed by atoms with van der Waals surface area (Å²) in [6.45, 7) is 1.56. The molecule has 2 aromatic carbocycles. The molecule has 8 heteroatoms. The minimum absolute atomic E-state index is 0.0417. The number of ether oxygens (including phenoxy) is 4. The lowest BCUT2D eigenvalue weighted by atomic mass is 9.77. The van der Waals surface area contributed by atoms with Crippen LogP contribution in [0.5, 0.6) is 23.3 Å². The van der Waals surface area contributed by atoms with Crippen LogP contribution in [0.1, 0.15) is 16.7 Å². The molecule has 3 aliphatic heterocycles. The summed E-state index contributed by atoms with van der Waals surface area (Å²) < 4.78 is 22.5. The minimum Gasteiger partial charge on any atom is -0.491 e. The van der Waals surface area contributed by atoms with Crippen molar-refractivity contribution in [1.29, 1.82) is 0 Å². The summed E-state index contributed by atoms with van der Waals surface area (Å²) in [5.41, 5.74) is 2.47. The molecule has 6 rings (SSSR count). The number of anilines is 1. The maximum absolute atomic E-state index is 14.0. The van der Waals surface area contributed by atoms with Gasteiger partial charge in [-0.05, 0) is 17.7 Å². The zero-order chi connectivity index (χ0) is 21.0. The molecule has 1 aromatic heterocycles. The lowest BCUT2D eigenvalue weighted by Crippen LogP contribution is -2.42. The van der Waals surface area contributed by atoms with Gasteiger partial charge in [-0.1, -0.05) is 18.2 Å². The Hall–Kier alpha value is -3.81. The number of hydrogen-bond acceptors (Lipinski definition) is 7. The number of benzene rings is 2. The number of carbonyl (C=O) groups excluding carboxylic acids is 1. The molecule has 0 fully saturated rings. The summed E-state index contributed by atoms with van der Waals surface area (Å²) >= 11 is 0. The van der Waals surface area contributed by atoms with E-state index < -0.39 is 5.41 Å². The molecule has 0 bridgehead atoms. The van der Waals surface area contributed by atoms with Gasteiger partial charge in [0.15, 0.2) is 11.5 Å². The number of fused-ring (bicyclic) bond motifs is 5. The SMILES string of the molecule is COc1ncc(CN2C(=O)[C@@]3(COc4cc5c(cc43)OCCO5)c3ccccc32)cn1. The van der Waals surface area contributed by atoms with Crippen LogP contribution in [0.2, 0.25) is 0 Å². The maximum atomic E-state index is 14.0. The first-order valence-electron chi connectivity index (χ1n) is 10.0. The van der Waals surface area contributed by atoms with Crippen LogP contribution in [0.15, 0.2) is 48.8 Å². The van der Waals surface area contributed by atoms with Crippen LogP contribution in [0.3, 0.4) is 0 Å². The van der Waals surface area contributed by atoms with E-state index in [2.05, 4.69) is 9.97 Å². The Morgan fingerprint density at radius 3 is 2.52 bits per heavy atom. The number of para-hydroxylation sites is 1. The van der Waals surface area contributed by atoms with E-state index in [4.69, 9.17) is 18.9 Å². The van der Waals surface area contributed by atoms with Gasteiger partial charge >= 0.3 is 6.01 Å². The summed E-state index contributed by atoms with van der Waals surface area (Å²) in [5, 5.41) is 0. The van der Waals surface area contributed by atoms with Gasteiger partial charge in [0.25, 0.3) is 0 Å². The number of hydrogen-bond donors (Lipinski definition) is 0. The fraction of sp³-hybridized carbons (Fsp3) is 0.261. The smallest absolute Gasteiger partial charge is 0.316 e. The lowest BCUT2D eigenvalue weighted by molar-refractivity contribution is -0.122. The highest BCUT2D eigenvalue weighted by atomic mass is 16.6. The summed E-state index contributed by atoms with van der Waals surface area (Å²) in [7, 11) is 1.52. The van der Waals surface area contributed by atoms with Gasteiger partial charge < -0.3 is 23.8 Å². The second kappa shape index (κ2) is 6.60. The van der Waals surface area contributed by atoms with E-state index in [1.165, 1.54) is 7.11 Å². The minimum atomic E-state index is -0.922. The molecule has 0 N–H and O–H groups in total. The van der Waals surface area contributed by atoms with Crippen molar-refractivity contribution < 1.29 is 23.7 Å². The van der Waals surface area contributed by atoms with E-state index >= 15 is 0 Å². The molecule has 4 heterocycles. The van der Waals surface area contributed by atoms with E-state index in [-0.39, 0.29) is 12.5 Å². The summed E-state index contributed by atoms with van der Waals surface area (Å²) in [5.74, 6) is 1.90. The average molecular weight is 417 g/mol. The van der Waals surface area contributed by atoms with Crippen molar-refractivity contribution in [2.24, 2.45) is 0 Å². The number of nitrogens with zero attached hydrogens (tertiary/aromatic N) is 3. The predicted molar refractivity (Wildman–Crippen MR) is 110 cm³/mol. The molecule has 0 radical (unpaired) electrons. The van der Waals surface area contributed by atoms with E-state index in [0.717, 1.165) is 22.4 Å². The van der Waals surface area contributed by atoms with Gasteiger partial charge in [-0.2, -0.15) is 0 Å². The van der Waals surface area contributed by atoms with Crippen LogP contribution < -0.4 is 23.8 Å². The normalized spacial score (nSPS) is 20.4. The zero-order valence-electron chi connectivity index (χ0n) is 16.8. The van der Waals surface area contributed by atoms with Gasteiger partial charge in [-0.15, -0.1) is 0 Å². The molecule has 1 atom stereocenters. The van der Waals surface area contributed by atoms with E-state index in [9.17, 15) is 4.79 Å². The highest BCUT2D eigenvalue weighted by Gasteiger charge is 2.57. The highest BCUT2D eigenvalue weighted by molar-refractivity contribution is 6.11. The number of methoxy groups -OCH3 is 1. The summed E-state index contributed by atoms with van der Waals surface area (Å²) in [6, 6.07) is 11.8. The Balaban J connectivity index is 1.45. The van der Waals surface area contributed by atoms with E-state index in [1.54, 1.807) is 17.3 Å².